The molecule has 0 heterocycles. The maximum atomic E-state index is 13.3. The maximum absolute atomic E-state index is 13.3. The Hall–Kier alpha value is -0.980. The second-order valence-electron chi connectivity index (χ2n) is 3.96. The largest absolute Gasteiger partial charge is 0.390 e. The Morgan fingerprint density at radius 2 is 2.17 bits per heavy atom. The molecule has 1 rings (SSSR count). The lowest BCUT2D eigenvalue weighted by molar-refractivity contribution is -0.119. The third-order valence-electron chi connectivity index (χ3n) is 2.46. The van der Waals surface area contributed by atoms with Crippen LogP contribution in [0.5, 0.6) is 0 Å². The van der Waals surface area contributed by atoms with Crippen molar-refractivity contribution in [1.82, 2.24) is 5.32 Å². The van der Waals surface area contributed by atoms with Gasteiger partial charge in [-0.05, 0) is 40.0 Å². The lowest BCUT2D eigenvalue weighted by Gasteiger charge is -2.18. The van der Waals surface area contributed by atoms with Gasteiger partial charge in [0.25, 0.3) is 0 Å². The summed E-state index contributed by atoms with van der Waals surface area (Å²) in [6.07, 6.45) is -2.04. The molecule has 3 N–H and O–H groups in total. The van der Waals surface area contributed by atoms with E-state index in [9.17, 15) is 19.4 Å². The zero-order valence-electron chi connectivity index (χ0n) is 9.86. The highest BCUT2D eigenvalue weighted by Crippen LogP contribution is 2.23. The van der Waals surface area contributed by atoms with E-state index in [1.165, 1.54) is 19.1 Å². The summed E-state index contributed by atoms with van der Waals surface area (Å²) in [6.45, 7) is 1.62. The molecule has 100 valence electrons. The number of nitrogens with one attached hydrogen (secondary N) is 1. The van der Waals surface area contributed by atoms with E-state index in [0.29, 0.717) is 10.0 Å². The molecule has 4 nitrogen and oxygen atoms in total. The highest BCUT2D eigenvalue weighted by atomic mass is 79.9. The van der Waals surface area contributed by atoms with E-state index in [0.717, 1.165) is 6.07 Å². The fraction of sp³-hybridized carbons (Fsp3) is 0.417. The van der Waals surface area contributed by atoms with Gasteiger partial charge in [-0.15, -0.1) is 0 Å². The third kappa shape index (κ3) is 4.36. The van der Waals surface area contributed by atoms with Gasteiger partial charge in [0, 0.05) is 13.5 Å². The first kappa shape index (κ1) is 15.1. The summed E-state index contributed by atoms with van der Waals surface area (Å²) in [5.74, 6) is -0.702. The summed E-state index contributed by atoms with van der Waals surface area (Å²) in [4.78, 5) is 10.6. The molecular formula is C12H15BrFNO3. The molecular weight excluding hydrogens is 305 g/mol. The molecule has 2 atom stereocenters. The van der Waals surface area contributed by atoms with Crippen molar-refractivity contribution in [2.24, 2.45) is 0 Å². The van der Waals surface area contributed by atoms with Gasteiger partial charge < -0.3 is 15.5 Å². The first-order chi connectivity index (χ1) is 8.41. The molecule has 18 heavy (non-hydrogen) atoms. The van der Waals surface area contributed by atoms with E-state index in [1.54, 1.807) is 0 Å². The van der Waals surface area contributed by atoms with Gasteiger partial charge in [0.15, 0.2) is 0 Å². The first-order valence-corrected chi connectivity index (χ1v) is 6.26. The monoisotopic (exact) mass is 319 g/mol. The zero-order valence-corrected chi connectivity index (χ0v) is 11.4. The van der Waals surface area contributed by atoms with Gasteiger partial charge in [-0.1, -0.05) is 6.07 Å². The van der Waals surface area contributed by atoms with Crippen molar-refractivity contribution in [2.75, 3.05) is 6.54 Å². The van der Waals surface area contributed by atoms with Crippen LogP contribution in [0, 0.1) is 5.82 Å². The molecule has 0 saturated carbocycles. The van der Waals surface area contributed by atoms with Crippen LogP contribution in [0.1, 0.15) is 25.0 Å². The smallest absolute Gasteiger partial charge is 0.216 e. The van der Waals surface area contributed by atoms with Gasteiger partial charge in [-0.3, -0.25) is 4.79 Å². The molecule has 2 unspecified atom stereocenters. The number of aliphatic hydroxyl groups is 2. The van der Waals surface area contributed by atoms with Crippen LogP contribution in [0.2, 0.25) is 0 Å². The van der Waals surface area contributed by atoms with Crippen LogP contribution in [0.15, 0.2) is 22.7 Å². The Bertz CT molecular complexity index is 428. The number of hydrogen-bond donors (Lipinski definition) is 3. The zero-order chi connectivity index (χ0) is 13.7. The van der Waals surface area contributed by atoms with E-state index in [-0.39, 0.29) is 18.9 Å². The van der Waals surface area contributed by atoms with Crippen LogP contribution in [-0.4, -0.2) is 28.8 Å². The predicted octanol–water partition coefficient (Wildman–Crippen LogP) is 1.51. The number of benzene rings is 1. The summed E-state index contributed by atoms with van der Waals surface area (Å²) in [5, 5.41) is 22.0. The van der Waals surface area contributed by atoms with E-state index in [2.05, 4.69) is 21.2 Å². The van der Waals surface area contributed by atoms with Gasteiger partial charge in [0.2, 0.25) is 5.91 Å². The number of amides is 1. The molecule has 0 spiro atoms. The normalized spacial score (nSPS) is 14.1. The number of aliphatic hydroxyl groups excluding tert-OH is 2. The fourth-order valence-electron chi connectivity index (χ4n) is 1.47. The van der Waals surface area contributed by atoms with Crippen LogP contribution in [0.25, 0.3) is 0 Å². The Balaban J connectivity index is 2.59. The molecule has 0 saturated heterocycles. The average molecular weight is 320 g/mol. The number of hydrogen-bond acceptors (Lipinski definition) is 3. The predicted molar refractivity (Wildman–Crippen MR) is 68.4 cm³/mol. The molecule has 0 aromatic heterocycles. The number of carbonyl (C=O) groups is 1. The molecule has 0 aliphatic rings. The van der Waals surface area contributed by atoms with Crippen LogP contribution >= 0.6 is 15.9 Å². The van der Waals surface area contributed by atoms with Crippen LogP contribution in [0.3, 0.4) is 0 Å². The second kappa shape index (κ2) is 6.82. The van der Waals surface area contributed by atoms with Crippen LogP contribution < -0.4 is 5.32 Å². The minimum absolute atomic E-state index is 0.193. The Morgan fingerprint density at radius 3 is 2.72 bits per heavy atom. The molecule has 0 aliphatic carbocycles. The Labute approximate surface area is 113 Å². The van der Waals surface area contributed by atoms with Crippen molar-refractivity contribution >= 4 is 21.8 Å². The highest BCUT2D eigenvalue weighted by Gasteiger charge is 2.19. The summed E-state index contributed by atoms with van der Waals surface area (Å²) in [7, 11) is 0. The van der Waals surface area contributed by atoms with Crippen molar-refractivity contribution in [3.63, 3.8) is 0 Å². The van der Waals surface area contributed by atoms with Gasteiger partial charge in [0.1, 0.15) is 11.9 Å². The molecule has 1 aromatic rings. The fourth-order valence-corrected chi connectivity index (χ4v) is 1.72. The molecule has 0 fully saturated rings. The summed E-state index contributed by atoms with van der Waals surface area (Å²) >= 11 is 3.01. The van der Waals surface area contributed by atoms with E-state index in [4.69, 9.17) is 0 Å². The summed E-state index contributed by atoms with van der Waals surface area (Å²) in [6, 6.07) is 4.16. The third-order valence-corrected chi connectivity index (χ3v) is 3.11. The molecule has 1 aromatic carbocycles. The van der Waals surface area contributed by atoms with Gasteiger partial charge >= 0.3 is 0 Å². The van der Waals surface area contributed by atoms with Crippen molar-refractivity contribution in [3.05, 3.63) is 34.1 Å². The topological polar surface area (TPSA) is 69.6 Å². The number of rotatable bonds is 5. The van der Waals surface area contributed by atoms with Gasteiger partial charge in [0.05, 0.1) is 10.6 Å². The van der Waals surface area contributed by atoms with Crippen molar-refractivity contribution in [2.45, 2.75) is 25.6 Å². The maximum Gasteiger partial charge on any atom is 0.216 e. The summed E-state index contributed by atoms with van der Waals surface area (Å²) in [5.41, 5.74) is 0.297. The standard InChI is InChI=1S/C12H15BrFNO3/c1-7(16)15-5-4-11(17)12(18)8-2-3-9(13)10(14)6-8/h2-3,6,11-12,17-18H,4-5H2,1H3,(H,15,16). The number of halogens is 2. The Kier molecular flexibility index (Phi) is 5.71. The quantitative estimate of drug-likeness (QED) is 0.770. The lowest BCUT2D eigenvalue weighted by Crippen LogP contribution is -2.27. The van der Waals surface area contributed by atoms with Crippen molar-refractivity contribution < 1.29 is 19.4 Å². The minimum Gasteiger partial charge on any atom is -0.390 e. The van der Waals surface area contributed by atoms with Gasteiger partial charge in [-0.2, -0.15) is 0 Å². The van der Waals surface area contributed by atoms with Crippen LogP contribution in [0.4, 0.5) is 4.39 Å². The van der Waals surface area contributed by atoms with Gasteiger partial charge in [-0.25, -0.2) is 4.39 Å². The number of carbonyl (C=O) groups excluding carboxylic acids is 1. The Morgan fingerprint density at radius 1 is 1.50 bits per heavy atom. The highest BCUT2D eigenvalue weighted by molar-refractivity contribution is 9.10. The van der Waals surface area contributed by atoms with E-state index < -0.39 is 18.0 Å². The average Bonchev–Trinajstić information content (AvgIpc) is 2.31. The van der Waals surface area contributed by atoms with Crippen molar-refractivity contribution in [3.8, 4) is 0 Å². The second-order valence-corrected chi connectivity index (χ2v) is 4.81. The minimum atomic E-state index is -1.18. The SMILES string of the molecule is CC(=O)NCCC(O)C(O)c1ccc(Br)c(F)c1. The van der Waals surface area contributed by atoms with Crippen molar-refractivity contribution in [1.29, 1.82) is 0 Å². The molecule has 0 radical (unpaired) electrons. The first-order valence-electron chi connectivity index (χ1n) is 5.47. The molecule has 1 amide bonds. The summed E-state index contributed by atoms with van der Waals surface area (Å²) < 4.78 is 13.6. The van der Waals surface area contributed by atoms with E-state index >= 15 is 0 Å². The lowest BCUT2D eigenvalue weighted by atomic mass is 10.0. The molecule has 0 aliphatic heterocycles. The van der Waals surface area contributed by atoms with E-state index in [1.807, 2.05) is 0 Å². The van der Waals surface area contributed by atoms with Crippen LogP contribution in [-0.2, 0) is 4.79 Å². The molecule has 6 heteroatoms. The molecule has 0 bridgehead atoms.